The highest BCUT2D eigenvalue weighted by molar-refractivity contribution is 5.86. The normalized spacial score (nSPS) is 10.3. The molecule has 0 fully saturated rings. The Morgan fingerprint density at radius 2 is 2.50 bits per heavy atom. The van der Waals surface area contributed by atoms with E-state index in [1.165, 1.54) is 17.1 Å². The number of aromatic nitrogens is 4. The fourth-order valence-electron chi connectivity index (χ4n) is 1.10. The second-order valence-electron chi connectivity index (χ2n) is 2.77. The van der Waals surface area contributed by atoms with Gasteiger partial charge in [0, 0.05) is 18.6 Å². The molecule has 6 heteroatoms. The Labute approximate surface area is 79.2 Å². The number of hydrogen-bond acceptors (Lipinski definition) is 3. The van der Waals surface area contributed by atoms with Gasteiger partial charge >= 0.3 is 5.97 Å². The third-order valence-corrected chi connectivity index (χ3v) is 1.75. The number of carboxylic acids is 1. The first-order chi connectivity index (χ1) is 6.75. The van der Waals surface area contributed by atoms with Crippen LogP contribution in [0.15, 0.2) is 24.8 Å². The first kappa shape index (κ1) is 8.49. The number of H-pyrrole nitrogens is 1. The van der Waals surface area contributed by atoms with E-state index in [-0.39, 0.29) is 5.56 Å². The summed E-state index contributed by atoms with van der Waals surface area (Å²) in [7, 11) is 0. The van der Waals surface area contributed by atoms with Crippen LogP contribution in [0.3, 0.4) is 0 Å². The molecule has 0 saturated heterocycles. The van der Waals surface area contributed by atoms with Crippen molar-refractivity contribution in [3.8, 4) is 0 Å². The number of rotatable bonds is 3. The lowest BCUT2D eigenvalue weighted by molar-refractivity contribution is 0.0697. The molecule has 2 heterocycles. The third kappa shape index (κ3) is 1.63. The van der Waals surface area contributed by atoms with Gasteiger partial charge in [0.15, 0.2) is 0 Å². The zero-order valence-electron chi connectivity index (χ0n) is 7.21. The number of hydrogen-bond donors (Lipinski definition) is 2. The molecular weight excluding hydrogens is 184 g/mol. The van der Waals surface area contributed by atoms with Crippen LogP contribution >= 0.6 is 0 Å². The molecule has 0 bridgehead atoms. The average molecular weight is 192 g/mol. The Balaban J connectivity index is 2.14. The maximum Gasteiger partial charge on any atom is 0.338 e. The van der Waals surface area contributed by atoms with Crippen LogP contribution in [0.25, 0.3) is 0 Å². The van der Waals surface area contributed by atoms with Crippen LogP contribution in [0.5, 0.6) is 0 Å². The van der Waals surface area contributed by atoms with Crippen molar-refractivity contribution < 1.29 is 9.90 Å². The van der Waals surface area contributed by atoms with Crippen LogP contribution in [-0.4, -0.2) is 30.8 Å². The van der Waals surface area contributed by atoms with Gasteiger partial charge in [0.05, 0.1) is 18.3 Å². The van der Waals surface area contributed by atoms with Gasteiger partial charge in [-0.1, -0.05) is 0 Å². The number of carboxylic acid groups (broad SMARTS) is 1. The van der Waals surface area contributed by atoms with E-state index in [0.717, 1.165) is 5.82 Å². The van der Waals surface area contributed by atoms with E-state index >= 15 is 0 Å². The van der Waals surface area contributed by atoms with Crippen molar-refractivity contribution in [2.45, 2.75) is 6.54 Å². The summed E-state index contributed by atoms with van der Waals surface area (Å²) in [5, 5.41) is 12.5. The number of nitrogens with zero attached hydrogens (tertiary/aromatic N) is 3. The van der Waals surface area contributed by atoms with Crippen LogP contribution in [0.1, 0.15) is 16.2 Å². The summed E-state index contributed by atoms with van der Waals surface area (Å²) in [5.41, 5.74) is 0.177. The molecule has 0 unspecified atom stereocenters. The molecule has 0 radical (unpaired) electrons. The maximum atomic E-state index is 10.5. The summed E-state index contributed by atoms with van der Waals surface area (Å²) in [6.07, 6.45) is 6.12. The molecule has 2 aromatic heterocycles. The summed E-state index contributed by atoms with van der Waals surface area (Å²) >= 11 is 0. The number of carbonyl (C=O) groups is 1. The number of nitrogens with one attached hydrogen (secondary N) is 1. The van der Waals surface area contributed by atoms with E-state index in [4.69, 9.17) is 5.11 Å². The second-order valence-corrected chi connectivity index (χ2v) is 2.77. The quantitative estimate of drug-likeness (QED) is 0.735. The summed E-state index contributed by atoms with van der Waals surface area (Å²) in [6.45, 7) is 0.445. The Hall–Kier alpha value is -2.11. The Bertz CT molecular complexity index is 432. The summed E-state index contributed by atoms with van der Waals surface area (Å²) in [4.78, 5) is 17.4. The minimum Gasteiger partial charge on any atom is -0.478 e. The lowest BCUT2D eigenvalue weighted by Gasteiger charge is -1.95. The molecule has 0 aliphatic heterocycles. The van der Waals surface area contributed by atoms with E-state index in [2.05, 4.69) is 15.1 Å². The average Bonchev–Trinajstić information content (AvgIpc) is 2.75. The molecule has 6 nitrogen and oxygen atoms in total. The van der Waals surface area contributed by atoms with E-state index in [9.17, 15) is 4.79 Å². The van der Waals surface area contributed by atoms with Crippen molar-refractivity contribution >= 4 is 5.97 Å². The highest BCUT2D eigenvalue weighted by Gasteiger charge is 2.06. The van der Waals surface area contributed by atoms with Gasteiger partial charge in [-0.05, 0) is 0 Å². The molecule has 0 aromatic carbocycles. The molecule has 0 aliphatic rings. The Kier molecular flexibility index (Phi) is 2.02. The van der Waals surface area contributed by atoms with E-state index in [0.29, 0.717) is 6.54 Å². The van der Waals surface area contributed by atoms with Gasteiger partial charge in [-0.25, -0.2) is 9.78 Å². The standard InChI is InChI=1S/C8H8N4O2/c13-8(14)6-3-11-12(4-6)5-7-9-1-2-10-7/h1-4H,5H2,(H,9,10)(H,13,14). The highest BCUT2D eigenvalue weighted by Crippen LogP contribution is 1.99. The molecule has 0 saturated carbocycles. The molecule has 0 aliphatic carbocycles. The SMILES string of the molecule is O=C(O)c1cnn(Cc2ncc[nH]2)c1. The molecular formula is C8H8N4O2. The van der Waals surface area contributed by atoms with Gasteiger partial charge in [0.1, 0.15) is 5.82 Å². The fraction of sp³-hybridized carbons (Fsp3) is 0.125. The van der Waals surface area contributed by atoms with Crippen molar-refractivity contribution in [1.29, 1.82) is 0 Å². The van der Waals surface area contributed by atoms with E-state index < -0.39 is 5.97 Å². The zero-order chi connectivity index (χ0) is 9.97. The number of aromatic amines is 1. The number of aromatic carboxylic acids is 1. The second kappa shape index (κ2) is 3.33. The zero-order valence-corrected chi connectivity index (χ0v) is 7.21. The largest absolute Gasteiger partial charge is 0.478 e. The summed E-state index contributed by atoms with van der Waals surface area (Å²) in [5.74, 6) is -0.235. The summed E-state index contributed by atoms with van der Waals surface area (Å²) < 4.78 is 1.52. The fourth-order valence-corrected chi connectivity index (χ4v) is 1.10. The predicted octanol–water partition coefficient (Wildman–Crippen LogP) is 0.353. The Morgan fingerprint density at radius 1 is 1.64 bits per heavy atom. The van der Waals surface area contributed by atoms with Crippen LogP contribution in [0, 0.1) is 0 Å². The Morgan fingerprint density at radius 3 is 3.07 bits per heavy atom. The highest BCUT2D eigenvalue weighted by atomic mass is 16.4. The molecule has 2 N–H and O–H groups in total. The third-order valence-electron chi connectivity index (χ3n) is 1.75. The smallest absolute Gasteiger partial charge is 0.338 e. The minimum absolute atomic E-state index is 0.177. The lowest BCUT2D eigenvalue weighted by Crippen LogP contribution is -2.01. The molecule has 0 atom stereocenters. The molecule has 2 rings (SSSR count). The topological polar surface area (TPSA) is 83.8 Å². The van der Waals surface area contributed by atoms with E-state index in [1.807, 2.05) is 0 Å². The maximum absolute atomic E-state index is 10.5. The van der Waals surface area contributed by atoms with Crippen LogP contribution < -0.4 is 0 Å². The summed E-state index contributed by atoms with van der Waals surface area (Å²) in [6, 6.07) is 0. The van der Waals surface area contributed by atoms with Crippen LogP contribution in [0.2, 0.25) is 0 Å². The van der Waals surface area contributed by atoms with Gasteiger partial charge in [-0.3, -0.25) is 4.68 Å². The van der Waals surface area contributed by atoms with Crippen LogP contribution in [-0.2, 0) is 6.54 Å². The van der Waals surface area contributed by atoms with Crippen molar-refractivity contribution in [2.24, 2.45) is 0 Å². The molecule has 0 amide bonds. The van der Waals surface area contributed by atoms with Crippen LogP contribution in [0.4, 0.5) is 0 Å². The van der Waals surface area contributed by atoms with Gasteiger partial charge < -0.3 is 10.1 Å². The first-order valence-electron chi connectivity index (χ1n) is 4.00. The van der Waals surface area contributed by atoms with Crippen molar-refractivity contribution in [1.82, 2.24) is 19.7 Å². The lowest BCUT2D eigenvalue weighted by atomic mass is 10.4. The van der Waals surface area contributed by atoms with Gasteiger partial charge in [-0.15, -0.1) is 0 Å². The molecule has 2 aromatic rings. The van der Waals surface area contributed by atoms with Gasteiger partial charge in [-0.2, -0.15) is 5.10 Å². The van der Waals surface area contributed by atoms with Crippen molar-refractivity contribution in [3.05, 3.63) is 36.2 Å². The molecule has 0 spiro atoms. The molecule has 14 heavy (non-hydrogen) atoms. The predicted molar refractivity (Wildman–Crippen MR) is 46.9 cm³/mol. The monoisotopic (exact) mass is 192 g/mol. The molecule has 72 valence electrons. The van der Waals surface area contributed by atoms with Crippen molar-refractivity contribution in [2.75, 3.05) is 0 Å². The number of imidazole rings is 1. The van der Waals surface area contributed by atoms with E-state index in [1.54, 1.807) is 12.4 Å². The van der Waals surface area contributed by atoms with Gasteiger partial charge in [0.25, 0.3) is 0 Å². The van der Waals surface area contributed by atoms with Crippen molar-refractivity contribution in [3.63, 3.8) is 0 Å². The minimum atomic E-state index is -0.976. The first-order valence-corrected chi connectivity index (χ1v) is 4.00. The van der Waals surface area contributed by atoms with Gasteiger partial charge in [0.2, 0.25) is 0 Å².